The molecule has 1 N–H and O–H groups in total. The average molecular weight is 597 g/mol. The highest BCUT2D eigenvalue weighted by atomic mass is 16.2. The molecule has 2 aromatic carbocycles. The van der Waals surface area contributed by atoms with Crippen molar-refractivity contribution in [3.63, 3.8) is 0 Å². The molecular formula is C35H44N6O3. The van der Waals surface area contributed by atoms with Crippen molar-refractivity contribution in [1.82, 2.24) is 24.9 Å². The molecule has 0 bridgehead atoms. The van der Waals surface area contributed by atoms with E-state index in [1.165, 1.54) is 5.56 Å². The van der Waals surface area contributed by atoms with E-state index in [2.05, 4.69) is 45.5 Å². The van der Waals surface area contributed by atoms with Gasteiger partial charge in [-0.2, -0.15) is 5.10 Å². The molecule has 0 spiro atoms. The molecule has 5 rings (SSSR count). The van der Waals surface area contributed by atoms with Crippen molar-refractivity contribution in [2.45, 2.75) is 60.0 Å². The number of nitrogens with one attached hydrogen (secondary N) is 1. The summed E-state index contributed by atoms with van der Waals surface area (Å²) in [6.07, 6.45) is 5.24. The zero-order chi connectivity index (χ0) is 31.8. The zero-order valence-corrected chi connectivity index (χ0v) is 27.0. The summed E-state index contributed by atoms with van der Waals surface area (Å²) in [7, 11) is 4.09. The molecule has 1 fully saturated rings. The van der Waals surface area contributed by atoms with E-state index in [9.17, 15) is 14.4 Å². The molecule has 1 aromatic heterocycles. The van der Waals surface area contributed by atoms with Crippen molar-refractivity contribution in [3.05, 3.63) is 65.4 Å². The number of dihydropyridines is 1. The number of hydrogen-bond donors (Lipinski definition) is 1. The van der Waals surface area contributed by atoms with Gasteiger partial charge >= 0.3 is 0 Å². The lowest BCUT2D eigenvalue weighted by Crippen LogP contribution is -2.44. The van der Waals surface area contributed by atoms with Gasteiger partial charge in [-0.15, -0.1) is 0 Å². The summed E-state index contributed by atoms with van der Waals surface area (Å²) in [6.45, 7) is 11.9. The minimum absolute atomic E-state index is 0.110. The fourth-order valence-electron chi connectivity index (χ4n) is 6.19. The maximum atomic E-state index is 13.8. The molecule has 0 radical (unpaired) electrons. The predicted octanol–water partition coefficient (Wildman–Crippen LogP) is 5.27. The molecule has 2 aliphatic heterocycles. The Labute approximate surface area is 260 Å². The average Bonchev–Trinajstić information content (AvgIpc) is 3.39. The van der Waals surface area contributed by atoms with E-state index in [-0.39, 0.29) is 30.3 Å². The SMILES string of the molecule is CC1=CC(C)=NC(=O)C1CNC(=O)c1cc(-c2ccc(CN(C)C)cc2)cc2c1cnn2C1CCN(C(=O)C(C)(C)C)CC1. The van der Waals surface area contributed by atoms with E-state index in [0.717, 1.165) is 47.0 Å². The van der Waals surface area contributed by atoms with E-state index in [1.807, 2.05) is 63.5 Å². The predicted molar refractivity (Wildman–Crippen MR) is 175 cm³/mol. The number of fused-ring (bicyclic) bond motifs is 1. The Balaban J connectivity index is 1.47. The molecule has 3 heterocycles. The van der Waals surface area contributed by atoms with Crippen molar-refractivity contribution >= 4 is 34.3 Å². The van der Waals surface area contributed by atoms with Gasteiger partial charge in [0.1, 0.15) is 0 Å². The molecule has 3 amide bonds. The molecule has 0 aliphatic carbocycles. The van der Waals surface area contributed by atoms with Crippen LogP contribution in [0.3, 0.4) is 0 Å². The maximum Gasteiger partial charge on any atom is 0.254 e. The highest BCUT2D eigenvalue weighted by Crippen LogP contribution is 2.33. The first-order valence-electron chi connectivity index (χ1n) is 15.4. The molecule has 1 atom stereocenters. The van der Waals surface area contributed by atoms with Crippen LogP contribution in [0.1, 0.15) is 69.4 Å². The van der Waals surface area contributed by atoms with E-state index in [1.54, 1.807) is 13.1 Å². The first-order chi connectivity index (χ1) is 20.8. The number of likely N-dealkylation sites (tertiary alicyclic amines) is 1. The standard InChI is InChI=1S/C35H44N6O3/c1-22-16-23(2)38-33(43)29(22)19-36-32(42)28-17-26(25-10-8-24(9-11-25)21-39(6)7)18-31-30(28)20-37-41(31)27-12-14-40(15-13-27)34(44)35(3,4)5/h8-11,16-18,20,27,29H,12-15,19,21H2,1-7H3,(H,36,42). The second-order valence-electron chi connectivity index (χ2n) is 13.5. The number of hydrogen-bond acceptors (Lipinski definition) is 5. The maximum absolute atomic E-state index is 13.8. The van der Waals surface area contributed by atoms with Crippen LogP contribution in [0.4, 0.5) is 0 Å². The van der Waals surface area contributed by atoms with Gasteiger partial charge in [-0.25, -0.2) is 4.99 Å². The van der Waals surface area contributed by atoms with E-state index in [4.69, 9.17) is 5.10 Å². The van der Waals surface area contributed by atoms with Crippen LogP contribution in [-0.2, 0) is 16.1 Å². The van der Waals surface area contributed by atoms with Gasteiger partial charge < -0.3 is 15.1 Å². The first-order valence-corrected chi connectivity index (χ1v) is 15.4. The second kappa shape index (κ2) is 12.5. The zero-order valence-electron chi connectivity index (χ0n) is 27.0. The molecule has 9 nitrogen and oxygen atoms in total. The molecule has 44 heavy (non-hydrogen) atoms. The number of nitrogens with zero attached hydrogens (tertiary/aromatic N) is 5. The van der Waals surface area contributed by atoms with Gasteiger partial charge in [0.2, 0.25) is 5.91 Å². The van der Waals surface area contributed by atoms with Crippen LogP contribution in [0.5, 0.6) is 0 Å². The highest BCUT2D eigenvalue weighted by molar-refractivity contribution is 6.09. The summed E-state index contributed by atoms with van der Waals surface area (Å²) in [5, 5.41) is 8.57. The minimum atomic E-state index is -0.478. The fraction of sp³-hybridized carbons (Fsp3) is 0.457. The Hall–Kier alpha value is -4.11. The van der Waals surface area contributed by atoms with Gasteiger partial charge in [0.05, 0.1) is 29.2 Å². The van der Waals surface area contributed by atoms with Gasteiger partial charge in [0.15, 0.2) is 0 Å². The van der Waals surface area contributed by atoms with Gasteiger partial charge in [-0.1, -0.05) is 50.6 Å². The summed E-state index contributed by atoms with van der Waals surface area (Å²) < 4.78 is 2.03. The fourth-order valence-corrected chi connectivity index (χ4v) is 6.19. The number of piperidine rings is 1. The molecule has 232 valence electrons. The Bertz CT molecular complexity index is 1630. The number of aromatic nitrogens is 2. The van der Waals surface area contributed by atoms with Gasteiger partial charge in [0, 0.05) is 42.7 Å². The summed E-state index contributed by atoms with van der Waals surface area (Å²) in [5.41, 5.74) is 5.70. The summed E-state index contributed by atoms with van der Waals surface area (Å²) in [5.74, 6) is -0.793. The Kier molecular flexibility index (Phi) is 8.88. The number of rotatable bonds is 7. The molecule has 9 heteroatoms. The van der Waals surface area contributed by atoms with Crippen LogP contribution in [0, 0.1) is 11.3 Å². The van der Waals surface area contributed by atoms with Crippen molar-refractivity contribution < 1.29 is 14.4 Å². The summed E-state index contributed by atoms with van der Waals surface area (Å²) in [6, 6.07) is 12.6. The van der Waals surface area contributed by atoms with Crippen molar-refractivity contribution in [2.24, 2.45) is 16.3 Å². The van der Waals surface area contributed by atoms with Crippen molar-refractivity contribution in [3.8, 4) is 11.1 Å². The number of aliphatic imine (C=N–C) groups is 1. The van der Waals surface area contributed by atoms with Gasteiger partial charge in [0.25, 0.3) is 11.8 Å². The van der Waals surface area contributed by atoms with E-state index >= 15 is 0 Å². The molecular weight excluding hydrogens is 552 g/mol. The third-order valence-electron chi connectivity index (χ3n) is 8.52. The quantitative estimate of drug-likeness (QED) is 0.401. The van der Waals surface area contributed by atoms with Crippen molar-refractivity contribution in [1.29, 1.82) is 0 Å². The van der Waals surface area contributed by atoms with Gasteiger partial charge in [-0.3, -0.25) is 19.1 Å². The van der Waals surface area contributed by atoms with Crippen LogP contribution in [0.15, 0.2) is 59.2 Å². The number of carbonyl (C=O) groups is 3. The van der Waals surface area contributed by atoms with Crippen LogP contribution >= 0.6 is 0 Å². The third-order valence-corrected chi connectivity index (χ3v) is 8.52. The van der Waals surface area contributed by atoms with Crippen molar-refractivity contribution in [2.75, 3.05) is 33.7 Å². The number of amides is 3. The number of carbonyl (C=O) groups excluding carboxylic acids is 3. The van der Waals surface area contributed by atoms with Crippen LogP contribution in [0.25, 0.3) is 22.0 Å². The molecule has 3 aromatic rings. The lowest BCUT2D eigenvalue weighted by molar-refractivity contribution is -0.140. The monoisotopic (exact) mass is 596 g/mol. The molecule has 0 saturated carbocycles. The Morgan fingerprint density at radius 1 is 1.02 bits per heavy atom. The van der Waals surface area contributed by atoms with Crippen LogP contribution in [-0.4, -0.2) is 76.7 Å². The first kappa shape index (κ1) is 31.3. The lowest BCUT2D eigenvalue weighted by Gasteiger charge is -2.36. The normalized spacial score (nSPS) is 18.0. The molecule has 1 unspecified atom stereocenters. The lowest BCUT2D eigenvalue weighted by atomic mass is 9.93. The highest BCUT2D eigenvalue weighted by Gasteiger charge is 2.32. The minimum Gasteiger partial charge on any atom is -0.351 e. The van der Waals surface area contributed by atoms with Gasteiger partial charge in [-0.05, 0) is 75.7 Å². The molecule has 2 aliphatic rings. The molecule has 1 saturated heterocycles. The van der Waals surface area contributed by atoms with E-state index in [0.29, 0.717) is 24.4 Å². The Morgan fingerprint density at radius 3 is 2.32 bits per heavy atom. The number of benzene rings is 2. The van der Waals surface area contributed by atoms with E-state index < -0.39 is 11.3 Å². The third kappa shape index (κ3) is 6.68. The Morgan fingerprint density at radius 2 is 1.70 bits per heavy atom. The smallest absolute Gasteiger partial charge is 0.254 e. The van der Waals surface area contributed by atoms with Crippen LogP contribution in [0.2, 0.25) is 0 Å². The summed E-state index contributed by atoms with van der Waals surface area (Å²) in [4.78, 5) is 47.4. The number of allylic oxidation sites excluding steroid dienone is 1. The second-order valence-corrected chi connectivity index (χ2v) is 13.5. The largest absolute Gasteiger partial charge is 0.351 e. The summed E-state index contributed by atoms with van der Waals surface area (Å²) >= 11 is 0. The topological polar surface area (TPSA) is 99.9 Å². The van der Waals surface area contributed by atoms with Crippen LogP contribution < -0.4 is 5.32 Å².